The Labute approximate surface area is 371 Å². The Bertz CT molecular complexity index is 3020. The topological polar surface area (TPSA) is 157 Å². The van der Waals surface area contributed by atoms with Crippen LogP contribution in [0, 0.1) is 11.6 Å². The molecule has 0 saturated carbocycles. The number of halogens is 3. The zero-order valence-corrected chi connectivity index (χ0v) is 35.8. The molecule has 16 heteroatoms. The zero-order chi connectivity index (χ0) is 44.2. The number of ether oxygens (including phenoxy) is 3. The fourth-order valence-corrected chi connectivity index (χ4v) is 8.51. The first-order chi connectivity index (χ1) is 31.2. The van der Waals surface area contributed by atoms with Crippen LogP contribution >= 0.6 is 11.6 Å². The number of aryl methyl sites for hydroxylation is 1. The van der Waals surface area contributed by atoms with Gasteiger partial charge >= 0.3 is 0 Å². The number of fused-ring (bicyclic) bond motifs is 1. The number of aromatic nitrogens is 7. The lowest BCUT2D eigenvalue weighted by molar-refractivity contribution is 0.0395. The van der Waals surface area contributed by atoms with Crippen molar-refractivity contribution in [2.75, 3.05) is 50.2 Å². The number of anilines is 2. The third-order valence-corrected chi connectivity index (χ3v) is 11.6. The maximum Gasteiger partial charge on any atom is 0.272 e. The summed E-state index contributed by atoms with van der Waals surface area (Å²) in [5, 5.41) is 27.4. The molecule has 2 atom stereocenters. The number of hydrogen-bond acceptors (Lipinski definition) is 10. The SMILES string of the molecule is CC/C(=C(/c1ccc(OCCOCCOCCNc2ccc([C@H]3Nc4cc(F)cc5c(=O)[nH]nc(c45)[C@@H]3c3ncnn3C)cc2)cc1)c1ccc2[nH]ncc2c1)c1ccc(Cl)cc1F. The summed E-state index contributed by atoms with van der Waals surface area (Å²) in [4.78, 5) is 17.1. The van der Waals surface area contributed by atoms with Crippen LogP contribution in [0.1, 0.15) is 59.1 Å². The minimum absolute atomic E-state index is 0.223. The molecular formula is C48H44ClF2N9O4. The molecule has 0 saturated heterocycles. The van der Waals surface area contributed by atoms with Crippen molar-refractivity contribution < 1.29 is 23.0 Å². The van der Waals surface area contributed by atoms with Gasteiger partial charge in [0.25, 0.3) is 5.56 Å². The van der Waals surface area contributed by atoms with Crippen molar-refractivity contribution in [1.82, 2.24) is 35.2 Å². The van der Waals surface area contributed by atoms with Crippen molar-refractivity contribution in [2.24, 2.45) is 7.05 Å². The minimum Gasteiger partial charge on any atom is -0.491 e. The highest BCUT2D eigenvalue weighted by atomic mass is 35.5. The first-order valence-electron chi connectivity index (χ1n) is 20.9. The molecule has 0 spiro atoms. The average molecular weight is 884 g/mol. The van der Waals surface area contributed by atoms with E-state index in [9.17, 15) is 9.18 Å². The zero-order valence-electron chi connectivity index (χ0n) is 35.0. The maximum atomic E-state index is 15.3. The van der Waals surface area contributed by atoms with Gasteiger partial charge in [0, 0.05) is 46.3 Å². The predicted molar refractivity (Wildman–Crippen MR) is 244 cm³/mol. The van der Waals surface area contributed by atoms with E-state index in [1.54, 1.807) is 30.1 Å². The molecule has 0 aliphatic carbocycles. The lowest BCUT2D eigenvalue weighted by Crippen LogP contribution is -2.30. The molecule has 13 nitrogen and oxygen atoms in total. The Kier molecular flexibility index (Phi) is 12.4. The van der Waals surface area contributed by atoms with Crippen molar-refractivity contribution >= 4 is 55.8 Å². The van der Waals surface area contributed by atoms with Crippen molar-refractivity contribution in [3.63, 3.8) is 0 Å². The second-order valence-electron chi connectivity index (χ2n) is 15.3. The molecule has 4 heterocycles. The summed E-state index contributed by atoms with van der Waals surface area (Å²) in [7, 11) is 1.80. The second-order valence-corrected chi connectivity index (χ2v) is 15.7. The highest BCUT2D eigenvalue weighted by Gasteiger charge is 2.38. The van der Waals surface area contributed by atoms with Crippen molar-refractivity contribution in [3.05, 3.63) is 170 Å². The summed E-state index contributed by atoms with van der Waals surface area (Å²) in [6.45, 7) is 4.66. The Morgan fingerprint density at radius 1 is 0.875 bits per heavy atom. The van der Waals surface area contributed by atoms with Crippen LogP contribution in [0.2, 0.25) is 5.02 Å². The quantitative estimate of drug-likeness (QED) is 0.0514. The molecule has 1 aliphatic rings. The van der Waals surface area contributed by atoms with Gasteiger partial charge in [-0.25, -0.2) is 18.9 Å². The number of rotatable bonds is 17. The van der Waals surface area contributed by atoms with E-state index in [1.807, 2.05) is 67.6 Å². The van der Waals surface area contributed by atoms with E-state index in [4.69, 9.17) is 25.8 Å². The molecule has 9 rings (SSSR count). The molecule has 0 bridgehead atoms. The van der Waals surface area contributed by atoms with Crippen LogP contribution in [0.4, 0.5) is 20.2 Å². The molecule has 5 aromatic carbocycles. The van der Waals surface area contributed by atoms with Crippen LogP contribution in [0.5, 0.6) is 5.75 Å². The van der Waals surface area contributed by atoms with Crippen LogP contribution in [0.15, 0.2) is 114 Å². The number of nitrogens with zero attached hydrogens (tertiary/aromatic N) is 5. The number of benzene rings is 5. The van der Waals surface area contributed by atoms with E-state index in [2.05, 4.69) is 47.2 Å². The number of allylic oxidation sites excluding steroid dienone is 1. The first kappa shape index (κ1) is 42.4. The molecule has 3 aromatic heterocycles. The van der Waals surface area contributed by atoms with E-state index < -0.39 is 17.3 Å². The Morgan fingerprint density at radius 3 is 2.42 bits per heavy atom. The van der Waals surface area contributed by atoms with Gasteiger partial charge in [-0.1, -0.05) is 54.9 Å². The number of nitrogens with one attached hydrogen (secondary N) is 4. The van der Waals surface area contributed by atoms with Gasteiger partial charge in [-0.2, -0.15) is 15.3 Å². The van der Waals surface area contributed by atoms with Crippen LogP contribution in [0.25, 0.3) is 32.8 Å². The third kappa shape index (κ3) is 8.82. The molecule has 0 radical (unpaired) electrons. The van der Waals surface area contributed by atoms with E-state index >= 15 is 4.39 Å². The predicted octanol–water partition coefficient (Wildman–Crippen LogP) is 9.05. The lowest BCUT2D eigenvalue weighted by Gasteiger charge is -2.33. The summed E-state index contributed by atoms with van der Waals surface area (Å²) < 4.78 is 49.2. The highest BCUT2D eigenvalue weighted by molar-refractivity contribution is 6.30. The molecule has 326 valence electrons. The van der Waals surface area contributed by atoms with Crippen LogP contribution < -0.4 is 20.9 Å². The molecule has 8 aromatic rings. The van der Waals surface area contributed by atoms with Crippen LogP contribution in [-0.2, 0) is 16.5 Å². The van der Waals surface area contributed by atoms with Gasteiger partial charge in [0.2, 0.25) is 0 Å². The van der Waals surface area contributed by atoms with Crippen molar-refractivity contribution in [2.45, 2.75) is 25.3 Å². The average Bonchev–Trinajstić information content (AvgIpc) is 3.96. The molecular weight excluding hydrogens is 840 g/mol. The monoisotopic (exact) mass is 883 g/mol. The minimum atomic E-state index is -0.517. The Hall–Kier alpha value is -6.94. The Morgan fingerprint density at radius 2 is 1.66 bits per heavy atom. The molecule has 0 fully saturated rings. The molecule has 0 amide bonds. The second kappa shape index (κ2) is 18.8. The largest absolute Gasteiger partial charge is 0.491 e. The molecule has 0 unspecified atom stereocenters. The van der Waals surface area contributed by atoms with E-state index in [0.29, 0.717) is 84.9 Å². The number of aromatic amines is 2. The normalized spacial score (nSPS) is 15.0. The van der Waals surface area contributed by atoms with Crippen molar-refractivity contribution in [1.29, 1.82) is 0 Å². The van der Waals surface area contributed by atoms with Gasteiger partial charge in [0.1, 0.15) is 36.1 Å². The van der Waals surface area contributed by atoms with Crippen LogP contribution in [0.3, 0.4) is 0 Å². The number of hydrogen-bond donors (Lipinski definition) is 4. The third-order valence-electron chi connectivity index (χ3n) is 11.3. The van der Waals surface area contributed by atoms with Gasteiger partial charge in [-0.05, 0) is 94.9 Å². The summed E-state index contributed by atoms with van der Waals surface area (Å²) in [5.74, 6) is 0.0348. The van der Waals surface area contributed by atoms with E-state index in [1.165, 1.54) is 24.5 Å². The fraction of sp³-hybridized carbons (Fsp3) is 0.229. The van der Waals surface area contributed by atoms with E-state index in [-0.39, 0.29) is 17.2 Å². The van der Waals surface area contributed by atoms with Gasteiger partial charge in [0.05, 0.1) is 61.2 Å². The maximum absolute atomic E-state index is 15.3. The van der Waals surface area contributed by atoms with Crippen LogP contribution in [-0.4, -0.2) is 74.7 Å². The summed E-state index contributed by atoms with van der Waals surface area (Å²) in [6, 6.07) is 28.8. The molecule has 1 aliphatic heterocycles. The summed E-state index contributed by atoms with van der Waals surface area (Å²) in [6.07, 6.45) is 3.85. The fourth-order valence-electron chi connectivity index (χ4n) is 8.35. The van der Waals surface area contributed by atoms with Gasteiger partial charge < -0.3 is 24.8 Å². The van der Waals surface area contributed by atoms with Gasteiger partial charge in [-0.3, -0.25) is 14.6 Å². The summed E-state index contributed by atoms with van der Waals surface area (Å²) >= 11 is 6.11. The van der Waals surface area contributed by atoms with Crippen molar-refractivity contribution in [3.8, 4) is 5.75 Å². The standard InChI is InChI=1S/C48H44ClF2N9O4/c1-3-36(37-14-9-32(49)23-39(37)51)42(30-8-15-40-31(22-30)26-54-57-40)28-6-12-35(13-7-28)64-21-20-63-19-18-62-17-16-52-34-10-4-29(5-11-34)45-44(47-53-27-55-60(47)2)46-43-38(48(61)59-58-46)24-33(50)25-41(43)56-45/h4-15,22-27,44-45,52,56H,3,16-21H2,1-2H3,(H,54,57)(H,59,61)/b42-36+/t44-,45-/m1/s1. The van der Waals surface area contributed by atoms with Gasteiger partial charge in [0.15, 0.2) is 0 Å². The Balaban J connectivity index is 0.745. The smallest absolute Gasteiger partial charge is 0.272 e. The summed E-state index contributed by atoms with van der Waals surface area (Å²) in [5.41, 5.74) is 7.51. The molecule has 64 heavy (non-hydrogen) atoms. The number of H-pyrrole nitrogens is 2. The van der Waals surface area contributed by atoms with Gasteiger partial charge in [-0.15, -0.1) is 0 Å². The van der Waals surface area contributed by atoms with E-state index in [0.717, 1.165) is 44.4 Å². The lowest BCUT2D eigenvalue weighted by atomic mass is 9.83. The first-order valence-corrected chi connectivity index (χ1v) is 21.3. The highest BCUT2D eigenvalue weighted by Crippen LogP contribution is 2.46. The molecule has 4 N–H and O–H groups in total.